The molecule has 1 aliphatic rings. The molecule has 0 fully saturated rings. The van der Waals surface area contributed by atoms with Crippen molar-refractivity contribution in [1.82, 2.24) is 5.32 Å². The van der Waals surface area contributed by atoms with Crippen molar-refractivity contribution >= 4 is 5.91 Å². The first-order valence-corrected chi connectivity index (χ1v) is 5.07. The van der Waals surface area contributed by atoms with Crippen LogP contribution in [-0.4, -0.2) is 12.5 Å². The summed E-state index contributed by atoms with van der Waals surface area (Å²) in [6, 6.07) is 4.14. The predicted molar refractivity (Wildman–Crippen MR) is 56.6 cm³/mol. The maximum Gasteiger partial charge on any atom is 0.251 e. The lowest BCUT2D eigenvalue weighted by atomic mass is 9.96. The second-order valence-electron chi connectivity index (χ2n) is 3.97. The molecule has 1 amide bonds. The van der Waals surface area contributed by atoms with E-state index in [4.69, 9.17) is 0 Å². The molecule has 0 saturated carbocycles. The number of amides is 1. The van der Waals surface area contributed by atoms with Gasteiger partial charge in [0.25, 0.3) is 5.91 Å². The molecule has 2 nitrogen and oxygen atoms in total. The Balaban J connectivity index is 2.58. The molecule has 1 aromatic rings. The van der Waals surface area contributed by atoms with Gasteiger partial charge in [0, 0.05) is 12.1 Å². The maximum absolute atomic E-state index is 11.7. The Morgan fingerprint density at radius 1 is 1.29 bits per heavy atom. The smallest absolute Gasteiger partial charge is 0.251 e. The number of benzene rings is 1. The minimum Gasteiger partial charge on any atom is -0.352 e. The van der Waals surface area contributed by atoms with Crippen LogP contribution in [0.2, 0.25) is 0 Å². The third-order valence-electron chi connectivity index (χ3n) is 2.75. The zero-order valence-electron chi connectivity index (χ0n) is 8.68. The van der Waals surface area contributed by atoms with E-state index in [1.54, 1.807) is 0 Å². The van der Waals surface area contributed by atoms with E-state index < -0.39 is 0 Å². The van der Waals surface area contributed by atoms with Crippen LogP contribution in [0, 0.1) is 13.8 Å². The van der Waals surface area contributed by atoms with Gasteiger partial charge in [-0.05, 0) is 43.9 Å². The average molecular weight is 189 g/mol. The van der Waals surface area contributed by atoms with Crippen LogP contribution >= 0.6 is 0 Å². The molecule has 0 atom stereocenters. The van der Waals surface area contributed by atoms with Crippen LogP contribution in [0.25, 0.3) is 0 Å². The van der Waals surface area contributed by atoms with Crippen LogP contribution in [0.3, 0.4) is 0 Å². The van der Waals surface area contributed by atoms with Crippen LogP contribution in [0.15, 0.2) is 12.1 Å². The molecule has 0 unspecified atom stereocenters. The summed E-state index contributed by atoms with van der Waals surface area (Å²) in [5.74, 6) is 0.0873. The molecule has 14 heavy (non-hydrogen) atoms. The van der Waals surface area contributed by atoms with Gasteiger partial charge in [0.15, 0.2) is 0 Å². The minimum absolute atomic E-state index is 0.0873. The van der Waals surface area contributed by atoms with Crippen molar-refractivity contribution in [3.8, 4) is 0 Å². The fourth-order valence-corrected chi connectivity index (χ4v) is 2.09. The first-order valence-electron chi connectivity index (χ1n) is 5.07. The number of hydrogen-bond donors (Lipinski definition) is 1. The van der Waals surface area contributed by atoms with Crippen LogP contribution < -0.4 is 5.32 Å². The van der Waals surface area contributed by atoms with Gasteiger partial charge in [0.2, 0.25) is 0 Å². The summed E-state index contributed by atoms with van der Waals surface area (Å²) in [4.78, 5) is 11.7. The van der Waals surface area contributed by atoms with E-state index in [9.17, 15) is 4.79 Å². The Labute approximate surface area is 84.3 Å². The summed E-state index contributed by atoms with van der Waals surface area (Å²) >= 11 is 0. The third-order valence-corrected chi connectivity index (χ3v) is 2.75. The third kappa shape index (κ3) is 1.52. The molecule has 0 aliphatic carbocycles. The van der Waals surface area contributed by atoms with Crippen LogP contribution in [0.5, 0.6) is 0 Å². The molecule has 74 valence electrons. The lowest BCUT2D eigenvalue weighted by Gasteiger charge is -2.09. The molecule has 1 heterocycles. The van der Waals surface area contributed by atoms with Crippen molar-refractivity contribution in [2.75, 3.05) is 6.54 Å². The Hall–Kier alpha value is -1.31. The van der Waals surface area contributed by atoms with Gasteiger partial charge in [0.05, 0.1) is 0 Å². The van der Waals surface area contributed by atoms with Gasteiger partial charge in [-0.3, -0.25) is 4.79 Å². The van der Waals surface area contributed by atoms with E-state index in [0.29, 0.717) is 0 Å². The highest BCUT2D eigenvalue weighted by molar-refractivity contribution is 5.96. The van der Waals surface area contributed by atoms with Gasteiger partial charge in [-0.25, -0.2) is 0 Å². The maximum atomic E-state index is 11.7. The van der Waals surface area contributed by atoms with E-state index in [-0.39, 0.29) is 5.91 Å². The highest BCUT2D eigenvalue weighted by Gasteiger charge is 2.16. The summed E-state index contributed by atoms with van der Waals surface area (Å²) < 4.78 is 0. The fraction of sp³-hybridized carbons (Fsp3) is 0.417. The second kappa shape index (κ2) is 3.45. The molecule has 1 aromatic carbocycles. The molecule has 0 saturated heterocycles. The predicted octanol–water partition coefficient (Wildman–Crippen LogP) is 1.98. The lowest BCUT2D eigenvalue weighted by Crippen LogP contribution is -2.22. The molecule has 0 radical (unpaired) electrons. The summed E-state index contributed by atoms with van der Waals surface area (Å²) in [6.07, 6.45) is 2.06. The fourth-order valence-electron chi connectivity index (χ4n) is 2.09. The van der Waals surface area contributed by atoms with Crippen molar-refractivity contribution in [2.24, 2.45) is 0 Å². The monoisotopic (exact) mass is 189 g/mol. The van der Waals surface area contributed by atoms with Crippen molar-refractivity contribution in [1.29, 1.82) is 0 Å². The van der Waals surface area contributed by atoms with Crippen LogP contribution in [-0.2, 0) is 6.42 Å². The van der Waals surface area contributed by atoms with Crippen molar-refractivity contribution in [3.05, 3.63) is 34.4 Å². The number of fused-ring (bicyclic) bond motifs is 1. The number of carbonyl (C=O) groups is 1. The first kappa shape index (κ1) is 9.25. The van der Waals surface area contributed by atoms with Gasteiger partial charge in [-0.1, -0.05) is 11.6 Å². The van der Waals surface area contributed by atoms with E-state index >= 15 is 0 Å². The zero-order chi connectivity index (χ0) is 10.1. The van der Waals surface area contributed by atoms with Gasteiger partial charge in [0.1, 0.15) is 0 Å². The van der Waals surface area contributed by atoms with Gasteiger partial charge in [-0.2, -0.15) is 0 Å². The summed E-state index contributed by atoms with van der Waals surface area (Å²) in [5.41, 5.74) is 4.51. The standard InChI is InChI=1S/C12H15NO/c1-8-6-9(2)10-4-3-5-13-12(14)11(10)7-8/h6-7H,3-5H2,1-2H3,(H,13,14). The minimum atomic E-state index is 0.0873. The van der Waals surface area contributed by atoms with Crippen molar-refractivity contribution in [3.63, 3.8) is 0 Å². The molecular formula is C12H15NO. The van der Waals surface area contributed by atoms with E-state index in [0.717, 1.165) is 24.9 Å². The summed E-state index contributed by atoms with van der Waals surface area (Å²) in [7, 11) is 0. The first-order chi connectivity index (χ1) is 6.68. The average Bonchev–Trinajstić information content (AvgIpc) is 2.29. The van der Waals surface area contributed by atoms with Crippen molar-refractivity contribution < 1.29 is 4.79 Å². The molecule has 1 N–H and O–H groups in total. The Morgan fingerprint density at radius 3 is 2.86 bits per heavy atom. The number of hydrogen-bond acceptors (Lipinski definition) is 1. The molecule has 1 aliphatic heterocycles. The lowest BCUT2D eigenvalue weighted by molar-refractivity contribution is 0.0956. The molecule has 0 spiro atoms. The number of carbonyl (C=O) groups excluding carboxylic acids is 1. The SMILES string of the molecule is Cc1cc(C)c2c(c1)C(=O)NCCC2. The Bertz CT molecular complexity index is 382. The van der Waals surface area contributed by atoms with E-state index in [2.05, 4.69) is 18.3 Å². The van der Waals surface area contributed by atoms with E-state index in [1.807, 2.05) is 13.0 Å². The Kier molecular flexibility index (Phi) is 2.28. The van der Waals surface area contributed by atoms with E-state index in [1.165, 1.54) is 16.7 Å². The molecular weight excluding hydrogens is 174 g/mol. The normalized spacial score (nSPS) is 15.7. The topological polar surface area (TPSA) is 29.1 Å². The highest BCUT2D eigenvalue weighted by Crippen LogP contribution is 2.20. The van der Waals surface area contributed by atoms with Crippen molar-refractivity contribution in [2.45, 2.75) is 26.7 Å². The summed E-state index contributed by atoms with van der Waals surface area (Å²) in [6.45, 7) is 4.92. The number of rotatable bonds is 0. The molecule has 0 aromatic heterocycles. The number of nitrogens with one attached hydrogen (secondary N) is 1. The highest BCUT2D eigenvalue weighted by atomic mass is 16.1. The van der Waals surface area contributed by atoms with Gasteiger partial charge in [-0.15, -0.1) is 0 Å². The molecule has 2 heteroatoms. The summed E-state index contributed by atoms with van der Waals surface area (Å²) in [5, 5.41) is 2.92. The second-order valence-corrected chi connectivity index (χ2v) is 3.97. The van der Waals surface area contributed by atoms with Crippen LogP contribution in [0.1, 0.15) is 33.5 Å². The number of aryl methyl sites for hydroxylation is 2. The van der Waals surface area contributed by atoms with Crippen LogP contribution in [0.4, 0.5) is 0 Å². The molecule has 2 rings (SSSR count). The zero-order valence-corrected chi connectivity index (χ0v) is 8.68. The quantitative estimate of drug-likeness (QED) is 0.664. The van der Waals surface area contributed by atoms with Gasteiger partial charge < -0.3 is 5.32 Å². The Morgan fingerprint density at radius 2 is 2.07 bits per heavy atom. The molecule has 0 bridgehead atoms. The van der Waals surface area contributed by atoms with Gasteiger partial charge >= 0.3 is 0 Å². The largest absolute Gasteiger partial charge is 0.352 e.